The summed E-state index contributed by atoms with van der Waals surface area (Å²) < 4.78 is 3.59. The van der Waals surface area contributed by atoms with Gasteiger partial charge in [-0.2, -0.15) is 10.2 Å². The van der Waals surface area contributed by atoms with E-state index in [0.717, 1.165) is 23.6 Å². The van der Waals surface area contributed by atoms with Gasteiger partial charge < -0.3 is 4.90 Å². The summed E-state index contributed by atoms with van der Waals surface area (Å²) in [6.07, 6.45) is 2.58. The van der Waals surface area contributed by atoms with Crippen molar-refractivity contribution in [3.63, 3.8) is 0 Å². The number of hydrogen-bond donors (Lipinski definition) is 0. The van der Waals surface area contributed by atoms with Crippen LogP contribution in [-0.2, 0) is 17.9 Å². The quantitative estimate of drug-likeness (QED) is 0.814. The Hall–Kier alpha value is -1.82. The number of likely N-dealkylation sites (N-methyl/N-ethyl adjacent to an activating group) is 1. The lowest BCUT2D eigenvalue weighted by Crippen LogP contribution is -2.35. The minimum absolute atomic E-state index is 0.0146. The average molecular weight is 338 g/mol. The zero-order valence-corrected chi connectivity index (χ0v) is 15.1. The van der Waals surface area contributed by atoms with Crippen molar-refractivity contribution in [1.29, 1.82) is 0 Å². The van der Waals surface area contributed by atoms with E-state index in [4.69, 9.17) is 11.6 Å². The largest absolute Gasteiger partial charge is 0.338 e. The van der Waals surface area contributed by atoms with Crippen molar-refractivity contribution in [2.45, 2.75) is 53.2 Å². The predicted octanol–water partition coefficient (Wildman–Crippen LogP) is 2.98. The van der Waals surface area contributed by atoms with Crippen molar-refractivity contribution in [2.24, 2.45) is 0 Å². The first kappa shape index (κ1) is 17.5. The number of carbonyl (C=O) groups excluding carboxylic acids is 1. The molecule has 1 atom stereocenters. The molecule has 0 saturated carbocycles. The molecule has 7 heteroatoms. The molecule has 0 spiro atoms. The Bertz CT molecular complexity index is 691. The molecule has 6 nitrogen and oxygen atoms in total. The summed E-state index contributed by atoms with van der Waals surface area (Å²) >= 11 is 6.21. The van der Waals surface area contributed by atoms with E-state index in [1.165, 1.54) is 0 Å². The molecule has 0 N–H and O–H groups in total. The van der Waals surface area contributed by atoms with Crippen LogP contribution in [0.2, 0.25) is 5.02 Å². The summed E-state index contributed by atoms with van der Waals surface area (Å²) in [4.78, 5) is 14.5. The Morgan fingerprint density at radius 1 is 1.35 bits per heavy atom. The SMILES string of the molecule is CCC(C(=O)N(C)Cc1ccn(CC)n1)n1nc(C)c(Cl)c1C. The van der Waals surface area contributed by atoms with Crippen LogP contribution >= 0.6 is 11.6 Å². The Morgan fingerprint density at radius 2 is 2.04 bits per heavy atom. The van der Waals surface area contributed by atoms with Gasteiger partial charge in [-0.3, -0.25) is 14.2 Å². The van der Waals surface area contributed by atoms with Crippen molar-refractivity contribution < 1.29 is 4.79 Å². The van der Waals surface area contributed by atoms with E-state index in [0.29, 0.717) is 18.0 Å². The van der Waals surface area contributed by atoms with Crippen LogP contribution in [0.4, 0.5) is 0 Å². The fourth-order valence-corrected chi connectivity index (χ4v) is 2.76. The van der Waals surface area contributed by atoms with E-state index < -0.39 is 0 Å². The lowest BCUT2D eigenvalue weighted by Gasteiger charge is -2.23. The number of carbonyl (C=O) groups is 1. The summed E-state index contributed by atoms with van der Waals surface area (Å²) in [6, 6.07) is 1.59. The average Bonchev–Trinajstić information content (AvgIpc) is 3.08. The third-order valence-electron chi connectivity index (χ3n) is 4.00. The summed E-state index contributed by atoms with van der Waals surface area (Å²) in [7, 11) is 1.79. The molecule has 2 rings (SSSR count). The van der Waals surface area contributed by atoms with Crippen LogP contribution in [0.15, 0.2) is 12.3 Å². The molecule has 0 bridgehead atoms. The molecule has 2 aromatic heterocycles. The van der Waals surface area contributed by atoms with Gasteiger partial charge in [-0.1, -0.05) is 18.5 Å². The maximum absolute atomic E-state index is 12.8. The maximum Gasteiger partial charge on any atom is 0.247 e. The number of aryl methyl sites for hydroxylation is 2. The second-order valence-electron chi connectivity index (χ2n) is 5.71. The molecule has 1 amide bonds. The van der Waals surface area contributed by atoms with Crippen molar-refractivity contribution in [3.05, 3.63) is 34.4 Å². The van der Waals surface area contributed by atoms with Gasteiger partial charge in [0.1, 0.15) is 6.04 Å². The summed E-state index contributed by atoms with van der Waals surface area (Å²) in [6.45, 7) is 9.05. The summed E-state index contributed by atoms with van der Waals surface area (Å²) in [5.74, 6) is 0.0146. The topological polar surface area (TPSA) is 56.0 Å². The first-order valence-corrected chi connectivity index (χ1v) is 8.25. The van der Waals surface area contributed by atoms with Gasteiger partial charge in [-0.25, -0.2) is 0 Å². The van der Waals surface area contributed by atoms with Gasteiger partial charge >= 0.3 is 0 Å². The smallest absolute Gasteiger partial charge is 0.247 e. The highest BCUT2D eigenvalue weighted by atomic mass is 35.5. The molecule has 0 radical (unpaired) electrons. The summed E-state index contributed by atoms with van der Waals surface area (Å²) in [5.41, 5.74) is 2.46. The van der Waals surface area contributed by atoms with Crippen LogP contribution in [0.3, 0.4) is 0 Å². The Labute approximate surface area is 142 Å². The van der Waals surface area contributed by atoms with Crippen LogP contribution in [0.5, 0.6) is 0 Å². The van der Waals surface area contributed by atoms with Gasteiger partial charge in [0.25, 0.3) is 0 Å². The van der Waals surface area contributed by atoms with Crippen LogP contribution in [0, 0.1) is 13.8 Å². The maximum atomic E-state index is 12.8. The number of halogens is 1. The molecule has 0 aromatic carbocycles. The van der Waals surface area contributed by atoms with Gasteiger partial charge in [0.2, 0.25) is 5.91 Å². The van der Waals surface area contributed by atoms with Crippen molar-refractivity contribution in [3.8, 4) is 0 Å². The number of nitrogens with zero attached hydrogens (tertiary/aromatic N) is 5. The van der Waals surface area contributed by atoms with Crippen molar-refractivity contribution in [2.75, 3.05) is 7.05 Å². The Kier molecular flexibility index (Phi) is 5.46. The highest BCUT2D eigenvalue weighted by molar-refractivity contribution is 6.31. The number of amides is 1. The summed E-state index contributed by atoms with van der Waals surface area (Å²) in [5, 5.41) is 9.48. The third-order valence-corrected chi connectivity index (χ3v) is 4.55. The Balaban J connectivity index is 2.16. The number of hydrogen-bond acceptors (Lipinski definition) is 3. The van der Waals surface area contributed by atoms with Gasteiger partial charge in [0.15, 0.2) is 0 Å². The van der Waals surface area contributed by atoms with Crippen LogP contribution in [0.25, 0.3) is 0 Å². The normalized spacial score (nSPS) is 12.4. The minimum Gasteiger partial charge on any atom is -0.338 e. The van der Waals surface area contributed by atoms with Gasteiger partial charge in [0, 0.05) is 19.8 Å². The molecule has 2 heterocycles. The van der Waals surface area contributed by atoms with E-state index in [-0.39, 0.29) is 11.9 Å². The van der Waals surface area contributed by atoms with E-state index >= 15 is 0 Å². The van der Waals surface area contributed by atoms with Gasteiger partial charge in [0.05, 0.1) is 28.6 Å². The molecule has 126 valence electrons. The van der Waals surface area contributed by atoms with E-state index in [1.807, 2.05) is 44.6 Å². The first-order valence-electron chi connectivity index (χ1n) is 7.87. The lowest BCUT2D eigenvalue weighted by molar-refractivity contribution is -0.134. The third kappa shape index (κ3) is 3.58. The fourth-order valence-electron chi connectivity index (χ4n) is 2.64. The van der Waals surface area contributed by atoms with Crippen LogP contribution < -0.4 is 0 Å². The van der Waals surface area contributed by atoms with Crippen molar-refractivity contribution in [1.82, 2.24) is 24.5 Å². The molecule has 0 aliphatic carbocycles. The molecule has 0 aliphatic heterocycles. The lowest BCUT2D eigenvalue weighted by atomic mass is 10.2. The first-order chi connectivity index (χ1) is 10.9. The standard InChI is InChI=1S/C16H24ClN5O/c1-6-14(22-12(4)15(17)11(3)18-22)16(23)20(5)10-13-8-9-21(7-2)19-13/h8-9,14H,6-7,10H2,1-5H3. The highest BCUT2D eigenvalue weighted by Crippen LogP contribution is 2.25. The van der Waals surface area contributed by atoms with E-state index in [9.17, 15) is 4.79 Å². The fraction of sp³-hybridized carbons (Fsp3) is 0.562. The Morgan fingerprint density at radius 3 is 2.52 bits per heavy atom. The molecule has 0 aliphatic rings. The molecule has 0 fully saturated rings. The van der Waals surface area contributed by atoms with Crippen molar-refractivity contribution >= 4 is 17.5 Å². The van der Waals surface area contributed by atoms with E-state index in [1.54, 1.807) is 16.6 Å². The van der Waals surface area contributed by atoms with Gasteiger partial charge in [-0.15, -0.1) is 0 Å². The number of rotatable bonds is 6. The molecule has 0 saturated heterocycles. The second kappa shape index (κ2) is 7.17. The molecular formula is C16H24ClN5O. The number of aromatic nitrogens is 4. The minimum atomic E-state index is -0.348. The molecular weight excluding hydrogens is 314 g/mol. The predicted molar refractivity (Wildman–Crippen MR) is 90.4 cm³/mol. The molecule has 1 unspecified atom stereocenters. The van der Waals surface area contributed by atoms with E-state index in [2.05, 4.69) is 10.2 Å². The van der Waals surface area contributed by atoms with Crippen LogP contribution in [0.1, 0.15) is 43.4 Å². The van der Waals surface area contributed by atoms with Crippen LogP contribution in [-0.4, -0.2) is 37.4 Å². The van der Waals surface area contributed by atoms with Gasteiger partial charge in [-0.05, 0) is 33.3 Å². The zero-order chi connectivity index (χ0) is 17.1. The molecule has 2 aromatic rings. The highest BCUT2D eigenvalue weighted by Gasteiger charge is 2.26. The zero-order valence-electron chi connectivity index (χ0n) is 14.4. The monoisotopic (exact) mass is 337 g/mol. The molecule has 23 heavy (non-hydrogen) atoms. The second-order valence-corrected chi connectivity index (χ2v) is 6.09.